The van der Waals surface area contributed by atoms with Gasteiger partial charge in [0.1, 0.15) is 0 Å². The Bertz CT molecular complexity index is 725. The van der Waals surface area contributed by atoms with Gasteiger partial charge in [-0.15, -0.1) is 11.8 Å². The van der Waals surface area contributed by atoms with Crippen LogP contribution in [-0.4, -0.2) is 23.4 Å². The van der Waals surface area contributed by atoms with Crippen LogP contribution in [0.3, 0.4) is 0 Å². The number of aromatic nitrogens is 1. The molecule has 2 atom stereocenters. The van der Waals surface area contributed by atoms with Crippen molar-refractivity contribution < 1.29 is 0 Å². The Hall–Kier alpha value is -1.39. The quantitative estimate of drug-likeness (QED) is 0.680. The van der Waals surface area contributed by atoms with E-state index in [4.69, 9.17) is 0 Å². The Balaban J connectivity index is 1.45. The topological polar surface area (TPSA) is 39.9 Å². The number of nitrogens with one attached hydrogen (secondary N) is 3. The lowest BCUT2D eigenvalue weighted by atomic mass is 9.92. The molecule has 0 spiro atoms. The van der Waals surface area contributed by atoms with Gasteiger partial charge in [-0.05, 0) is 74.0 Å². The highest BCUT2D eigenvalue weighted by Crippen LogP contribution is 2.40. The minimum absolute atomic E-state index is 0.508. The van der Waals surface area contributed by atoms with Crippen molar-refractivity contribution in [2.75, 3.05) is 13.1 Å². The van der Waals surface area contributed by atoms with Crippen molar-refractivity contribution in [3.63, 3.8) is 0 Å². The van der Waals surface area contributed by atoms with E-state index in [1.54, 1.807) is 4.91 Å². The first-order valence-corrected chi connectivity index (χ1v) is 11.0. The molecule has 0 radical (unpaired) electrons. The second kappa shape index (κ2) is 8.10. The van der Waals surface area contributed by atoms with Gasteiger partial charge in [0, 0.05) is 22.3 Å². The summed E-state index contributed by atoms with van der Waals surface area (Å²) in [6, 6.07) is 10.9. The van der Waals surface area contributed by atoms with Crippen LogP contribution in [0.2, 0.25) is 0 Å². The maximum atomic E-state index is 3.73. The van der Waals surface area contributed by atoms with Gasteiger partial charge in [0.2, 0.25) is 0 Å². The van der Waals surface area contributed by atoms with Crippen LogP contribution in [0.15, 0.2) is 41.4 Å². The van der Waals surface area contributed by atoms with E-state index in [2.05, 4.69) is 77.8 Å². The Morgan fingerprint density at radius 2 is 1.96 bits per heavy atom. The van der Waals surface area contributed by atoms with Crippen molar-refractivity contribution >= 4 is 22.7 Å². The minimum atomic E-state index is 0.508. The van der Waals surface area contributed by atoms with Crippen LogP contribution in [0.25, 0.3) is 10.9 Å². The van der Waals surface area contributed by atoms with Gasteiger partial charge in [-0.3, -0.25) is 0 Å². The molecule has 2 unspecified atom stereocenters. The number of hydrogen-bond donors (Lipinski definition) is 3. The van der Waals surface area contributed by atoms with E-state index in [0.29, 0.717) is 11.3 Å². The molecular weight excluding hydrogens is 338 g/mol. The Morgan fingerprint density at radius 3 is 2.73 bits per heavy atom. The lowest BCUT2D eigenvalue weighted by Crippen LogP contribution is -2.30. The third kappa shape index (κ3) is 4.12. The number of aromatic amines is 1. The lowest BCUT2D eigenvalue weighted by molar-refractivity contribution is 0.380. The van der Waals surface area contributed by atoms with Crippen LogP contribution < -0.4 is 10.6 Å². The first-order chi connectivity index (χ1) is 12.7. The number of allylic oxidation sites excluding steroid dienone is 1. The molecule has 140 valence electrons. The predicted octanol–water partition coefficient (Wildman–Crippen LogP) is 4.88. The molecule has 2 aliphatic rings. The van der Waals surface area contributed by atoms with Gasteiger partial charge in [0.05, 0.1) is 5.37 Å². The van der Waals surface area contributed by atoms with Crippen LogP contribution >= 0.6 is 11.8 Å². The van der Waals surface area contributed by atoms with Gasteiger partial charge in [-0.1, -0.05) is 32.0 Å². The predicted molar refractivity (Wildman–Crippen MR) is 113 cm³/mol. The van der Waals surface area contributed by atoms with E-state index in [-0.39, 0.29) is 0 Å². The van der Waals surface area contributed by atoms with Crippen LogP contribution in [0.4, 0.5) is 0 Å². The number of H-pyrrole nitrogens is 1. The molecule has 4 rings (SSSR count). The number of para-hydroxylation sites is 1. The number of piperidine rings is 1. The van der Waals surface area contributed by atoms with Crippen molar-refractivity contribution in [1.29, 1.82) is 0 Å². The molecule has 1 saturated heterocycles. The summed E-state index contributed by atoms with van der Waals surface area (Å²) in [6.07, 6.45) is 7.26. The van der Waals surface area contributed by atoms with Crippen LogP contribution in [0, 0.1) is 17.8 Å². The molecule has 1 fully saturated rings. The highest BCUT2D eigenvalue weighted by Gasteiger charge is 2.31. The fourth-order valence-electron chi connectivity index (χ4n) is 4.38. The van der Waals surface area contributed by atoms with E-state index in [1.807, 2.05) is 0 Å². The lowest BCUT2D eigenvalue weighted by Gasteiger charge is -2.27. The highest BCUT2D eigenvalue weighted by atomic mass is 32.2. The summed E-state index contributed by atoms with van der Waals surface area (Å²) >= 11 is 2.10. The van der Waals surface area contributed by atoms with Gasteiger partial charge in [-0.25, -0.2) is 0 Å². The van der Waals surface area contributed by atoms with Gasteiger partial charge in [0.15, 0.2) is 0 Å². The number of hydrogen-bond acceptors (Lipinski definition) is 3. The normalized spacial score (nSPS) is 22.6. The Morgan fingerprint density at radius 1 is 1.15 bits per heavy atom. The van der Waals surface area contributed by atoms with E-state index >= 15 is 0 Å². The maximum Gasteiger partial charge on any atom is 0.0793 e. The van der Waals surface area contributed by atoms with Crippen LogP contribution in [-0.2, 0) is 6.42 Å². The molecule has 0 amide bonds. The molecule has 2 aromatic rings. The monoisotopic (exact) mass is 369 g/mol. The molecule has 0 saturated carbocycles. The molecule has 4 heteroatoms. The number of thioether (sulfide) groups is 1. The SMILES string of the molecule is CC(C)CC(Cc1cc2ccccc2[nH]1)C1NC=C(C2CCNCC2)S1. The molecule has 0 aliphatic carbocycles. The number of benzene rings is 1. The Kier molecular flexibility index (Phi) is 5.60. The summed E-state index contributed by atoms with van der Waals surface area (Å²) in [5.74, 6) is 2.12. The highest BCUT2D eigenvalue weighted by molar-refractivity contribution is 8.03. The Labute approximate surface area is 161 Å². The van der Waals surface area contributed by atoms with Crippen molar-refractivity contribution in [1.82, 2.24) is 15.6 Å². The van der Waals surface area contributed by atoms with Crippen molar-refractivity contribution in [2.45, 2.75) is 44.9 Å². The number of rotatable bonds is 6. The first kappa shape index (κ1) is 18.0. The summed E-state index contributed by atoms with van der Waals surface area (Å²) in [6.45, 7) is 7.02. The standard InChI is InChI=1S/C22H31N3S/c1-15(2)11-18(13-19-12-17-5-3-4-6-20(17)25-19)22-24-14-21(26-22)16-7-9-23-10-8-16/h3-6,12,14-16,18,22-25H,7-11,13H2,1-2H3. The fourth-order valence-corrected chi connectivity index (χ4v) is 5.77. The van der Waals surface area contributed by atoms with Crippen molar-refractivity contribution in [2.24, 2.45) is 17.8 Å². The first-order valence-electron chi connectivity index (χ1n) is 10.1. The van der Waals surface area contributed by atoms with Crippen LogP contribution in [0.1, 0.15) is 38.8 Å². The zero-order chi connectivity index (χ0) is 17.9. The smallest absolute Gasteiger partial charge is 0.0793 e. The van der Waals surface area contributed by atoms with E-state index in [9.17, 15) is 0 Å². The van der Waals surface area contributed by atoms with Crippen molar-refractivity contribution in [3.8, 4) is 0 Å². The molecule has 3 heterocycles. The largest absolute Gasteiger partial charge is 0.378 e. The van der Waals surface area contributed by atoms with Crippen molar-refractivity contribution in [3.05, 3.63) is 47.1 Å². The molecule has 1 aromatic heterocycles. The molecule has 2 aliphatic heterocycles. The fraction of sp³-hybridized carbons (Fsp3) is 0.545. The maximum absolute atomic E-state index is 3.73. The second-order valence-electron chi connectivity index (χ2n) is 8.25. The third-order valence-electron chi connectivity index (χ3n) is 5.66. The van der Waals surface area contributed by atoms with Gasteiger partial charge in [-0.2, -0.15) is 0 Å². The summed E-state index contributed by atoms with van der Waals surface area (Å²) in [5, 5.41) is 9.05. The van der Waals surface area contributed by atoms with Crippen LogP contribution in [0.5, 0.6) is 0 Å². The van der Waals surface area contributed by atoms with Gasteiger partial charge < -0.3 is 15.6 Å². The van der Waals surface area contributed by atoms with E-state index < -0.39 is 0 Å². The van der Waals surface area contributed by atoms with E-state index in [1.165, 1.54) is 35.9 Å². The molecule has 26 heavy (non-hydrogen) atoms. The summed E-state index contributed by atoms with van der Waals surface area (Å²) in [4.78, 5) is 5.22. The molecule has 3 N–H and O–H groups in total. The average molecular weight is 370 g/mol. The van der Waals surface area contributed by atoms with Gasteiger partial charge in [0.25, 0.3) is 0 Å². The summed E-state index contributed by atoms with van der Waals surface area (Å²) in [5.41, 5.74) is 2.63. The number of fused-ring (bicyclic) bond motifs is 1. The molecule has 1 aromatic carbocycles. The average Bonchev–Trinajstić information content (AvgIpc) is 3.28. The molecular formula is C22H31N3S. The third-order valence-corrected chi connectivity index (χ3v) is 7.16. The zero-order valence-electron chi connectivity index (χ0n) is 15.9. The minimum Gasteiger partial charge on any atom is -0.378 e. The summed E-state index contributed by atoms with van der Waals surface area (Å²) in [7, 11) is 0. The second-order valence-corrected chi connectivity index (χ2v) is 9.47. The van der Waals surface area contributed by atoms with Gasteiger partial charge >= 0.3 is 0 Å². The zero-order valence-corrected chi connectivity index (χ0v) is 16.7. The summed E-state index contributed by atoms with van der Waals surface area (Å²) < 4.78 is 0. The van der Waals surface area contributed by atoms with E-state index in [0.717, 1.165) is 31.3 Å². The molecule has 0 bridgehead atoms. The molecule has 3 nitrogen and oxygen atoms in total.